The molecule has 0 saturated carbocycles. The minimum absolute atomic E-state index is 0.174. The molecule has 1 aliphatic rings. The Kier molecular flexibility index (Phi) is 4.31. The van der Waals surface area contributed by atoms with Gasteiger partial charge in [-0.15, -0.1) is 0 Å². The summed E-state index contributed by atoms with van der Waals surface area (Å²) < 4.78 is 0. The van der Waals surface area contributed by atoms with Crippen LogP contribution in [-0.2, 0) is 11.3 Å². The molecule has 0 spiro atoms. The lowest BCUT2D eigenvalue weighted by Gasteiger charge is -2.30. The Morgan fingerprint density at radius 2 is 2.22 bits per heavy atom. The van der Waals surface area contributed by atoms with Gasteiger partial charge >= 0.3 is 0 Å². The highest BCUT2D eigenvalue weighted by molar-refractivity contribution is 5.78. The van der Waals surface area contributed by atoms with Crippen LogP contribution < -0.4 is 5.32 Å². The van der Waals surface area contributed by atoms with Gasteiger partial charge in [0, 0.05) is 37.9 Å². The van der Waals surface area contributed by atoms with E-state index in [4.69, 9.17) is 0 Å². The fourth-order valence-electron chi connectivity index (χ4n) is 2.51. The van der Waals surface area contributed by atoms with E-state index < -0.39 is 0 Å². The first kappa shape index (κ1) is 13.0. The van der Waals surface area contributed by atoms with Crippen LogP contribution in [0, 0.1) is 5.92 Å². The highest BCUT2D eigenvalue weighted by atomic mass is 16.2. The lowest BCUT2D eigenvalue weighted by Crippen LogP contribution is -2.42. The lowest BCUT2D eigenvalue weighted by molar-refractivity contribution is -0.135. The largest absolute Gasteiger partial charge is 0.341 e. The molecule has 1 aromatic rings. The molecule has 1 N–H and O–H groups in total. The Bertz CT molecular complexity index is 393. The minimum atomic E-state index is 0.174. The second-order valence-electron chi connectivity index (χ2n) is 5.13. The van der Waals surface area contributed by atoms with E-state index in [-0.39, 0.29) is 11.8 Å². The molecule has 0 aromatic carbocycles. The van der Waals surface area contributed by atoms with E-state index in [1.165, 1.54) is 0 Å². The maximum Gasteiger partial charge on any atom is 0.225 e. The Morgan fingerprint density at radius 3 is 2.89 bits per heavy atom. The van der Waals surface area contributed by atoms with Gasteiger partial charge in [-0.05, 0) is 44.0 Å². The molecule has 2 rings (SSSR count). The molecule has 0 radical (unpaired) electrons. The number of piperidine rings is 1. The van der Waals surface area contributed by atoms with Crippen molar-refractivity contribution in [2.24, 2.45) is 5.92 Å². The van der Waals surface area contributed by atoms with Crippen LogP contribution in [0.3, 0.4) is 0 Å². The zero-order chi connectivity index (χ0) is 13.0. The SMILES string of the molecule is CC1CC(C(=O)N(C)Cc2ccncc2)CCN1. The molecule has 2 heterocycles. The van der Waals surface area contributed by atoms with Gasteiger partial charge in [-0.1, -0.05) is 0 Å². The van der Waals surface area contributed by atoms with E-state index in [9.17, 15) is 4.79 Å². The van der Waals surface area contributed by atoms with Crippen LogP contribution in [0.4, 0.5) is 0 Å². The van der Waals surface area contributed by atoms with Crippen LogP contribution in [-0.4, -0.2) is 35.4 Å². The summed E-state index contributed by atoms with van der Waals surface area (Å²) in [5.74, 6) is 0.438. The van der Waals surface area contributed by atoms with E-state index in [1.54, 1.807) is 12.4 Å². The number of carbonyl (C=O) groups is 1. The zero-order valence-electron chi connectivity index (χ0n) is 11.1. The molecule has 0 aliphatic carbocycles. The molecule has 2 unspecified atom stereocenters. The van der Waals surface area contributed by atoms with Crippen LogP contribution in [0.5, 0.6) is 0 Å². The second-order valence-corrected chi connectivity index (χ2v) is 5.13. The van der Waals surface area contributed by atoms with E-state index in [0.717, 1.165) is 24.9 Å². The van der Waals surface area contributed by atoms with E-state index in [2.05, 4.69) is 17.2 Å². The molecule has 98 valence electrons. The summed E-state index contributed by atoms with van der Waals surface area (Å²) in [6.45, 7) is 3.75. The van der Waals surface area contributed by atoms with Crippen molar-refractivity contribution >= 4 is 5.91 Å². The van der Waals surface area contributed by atoms with Crippen molar-refractivity contribution in [3.8, 4) is 0 Å². The van der Waals surface area contributed by atoms with Gasteiger partial charge in [-0.2, -0.15) is 0 Å². The van der Waals surface area contributed by atoms with Gasteiger partial charge in [0.1, 0.15) is 0 Å². The minimum Gasteiger partial charge on any atom is -0.341 e. The molecular formula is C14H21N3O. The number of rotatable bonds is 3. The maximum absolute atomic E-state index is 12.3. The fraction of sp³-hybridized carbons (Fsp3) is 0.571. The first-order chi connectivity index (χ1) is 8.66. The van der Waals surface area contributed by atoms with Crippen LogP contribution >= 0.6 is 0 Å². The van der Waals surface area contributed by atoms with Crippen LogP contribution in [0.15, 0.2) is 24.5 Å². The van der Waals surface area contributed by atoms with Crippen molar-refractivity contribution < 1.29 is 4.79 Å². The normalized spacial score (nSPS) is 23.7. The van der Waals surface area contributed by atoms with Gasteiger partial charge in [0.2, 0.25) is 5.91 Å². The number of aromatic nitrogens is 1. The number of nitrogens with zero attached hydrogens (tertiary/aromatic N) is 2. The Morgan fingerprint density at radius 1 is 1.50 bits per heavy atom. The molecule has 4 heteroatoms. The third-order valence-electron chi connectivity index (χ3n) is 3.52. The van der Waals surface area contributed by atoms with Gasteiger partial charge in [0.15, 0.2) is 0 Å². The summed E-state index contributed by atoms with van der Waals surface area (Å²) in [7, 11) is 1.88. The smallest absolute Gasteiger partial charge is 0.225 e. The maximum atomic E-state index is 12.3. The first-order valence-electron chi connectivity index (χ1n) is 6.54. The third-order valence-corrected chi connectivity index (χ3v) is 3.52. The summed E-state index contributed by atoms with van der Waals surface area (Å²) in [5.41, 5.74) is 1.13. The molecular weight excluding hydrogens is 226 g/mol. The van der Waals surface area contributed by atoms with E-state index in [0.29, 0.717) is 12.6 Å². The van der Waals surface area contributed by atoms with Gasteiger partial charge in [-0.3, -0.25) is 9.78 Å². The Balaban J connectivity index is 1.92. The summed E-state index contributed by atoms with van der Waals surface area (Å²) >= 11 is 0. The molecule has 1 aromatic heterocycles. The molecule has 2 atom stereocenters. The average Bonchev–Trinajstić information content (AvgIpc) is 2.39. The monoisotopic (exact) mass is 247 g/mol. The van der Waals surface area contributed by atoms with Crippen molar-refractivity contribution in [3.05, 3.63) is 30.1 Å². The molecule has 18 heavy (non-hydrogen) atoms. The van der Waals surface area contributed by atoms with Gasteiger partial charge in [-0.25, -0.2) is 0 Å². The summed E-state index contributed by atoms with van der Waals surface area (Å²) in [4.78, 5) is 18.1. The number of hydrogen-bond acceptors (Lipinski definition) is 3. The van der Waals surface area contributed by atoms with Gasteiger partial charge in [0.25, 0.3) is 0 Å². The Hall–Kier alpha value is -1.42. The van der Waals surface area contributed by atoms with Gasteiger partial charge < -0.3 is 10.2 Å². The zero-order valence-corrected chi connectivity index (χ0v) is 11.1. The number of carbonyl (C=O) groups excluding carboxylic acids is 1. The van der Waals surface area contributed by atoms with Crippen molar-refractivity contribution in [2.75, 3.05) is 13.6 Å². The number of pyridine rings is 1. The topological polar surface area (TPSA) is 45.2 Å². The fourth-order valence-corrected chi connectivity index (χ4v) is 2.51. The average molecular weight is 247 g/mol. The highest BCUT2D eigenvalue weighted by Crippen LogP contribution is 2.19. The molecule has 1 amide bonds. The summed E-state index contributed by atoms with van der Waals surface area (Å²) in [6.07, 6.45) is 5.42. The quantitative estimate of drug-likeness (QED) is 0.879. The first-order valence-corrected chi connectivity index (χ1v) is 6.54. The molecule has 0 bridgehead atoms. The molecule has 1 fully saturated rings. The van der Waals surface area contributed by atoms with E-state index in [1.807, 2.05) is 24.1 Å². The van der Waals surface area contributed by atoms with Crippen LogP contribution in [0.2, 0.25) is 0 Å². The Labute approximate surface area is 108 Å². The summed E-state index contributed by atoms with van der Waals surface area (Å²) in [6, 6.07) is 4.35. The van der Waals surface area contributed by atoms with Gasteiger partial charge in [0.05, 0.1) is 0 Å². The van der Waals surface area contributed by atoms with Crippen LogP contribution in [0.25, 0.3) is 0 Å². The molecule has 1 saturated heterocycles. The molecule has 4 nitrogen and oxygen atoms in total. The van der Waals surface area contributed by atoms with Crippen LogP contribution in [0.1, 0.15) is 25.3 Å². The lowest BCUT2D eigenvalue weighted by atomic mass is 9.92. The van der Waals surface area contributed by atoms with Crippen molar-refractivity contribution in [1.82, 2.24) is 15.2 Å². The van der Waals surface area contributed by atoms with Crippen molar-refractivity contribution in [1.29, 1.82) is 0 Å². The standard InChI is InChI=1S/C14H21N3O/c1-11-9-13(5-8-16-11)14(18)17(2)10-12-3-6-15-7-4-12/h3-4,6-7,11,13,16H,5,8-10H2,1-2H3. The van der Waals surface area contributed by atoms with Crippen molar-refractivity contribution in [3.63, 3.8) is 0 Å². The predicted molar refractivity (Wildman–Crippen MR) is 70.9 cm³/mol. The van der Waals surface area contributed by atoms with Crippen molar-refractivity contribution in [2.45, 2.75) is 32.4 Å². The predicted octanol–water partition coefficient (Wildman–Crippen LogP) is 1.43. The highest BCUT2D eigenvalue weighted by Gasteiger charge is 2.26. The molecule has 1 aliphatic heterocycles. The third kappa shape index (κ3) is 3.29. The summed E-state index contributed by atoms with van der Waals surface area (Å²) in [5, 5.41) is 3.38. The number of nitrogens with one attached hydrogen (secondary N) is 1. The van der Waals surface area contributed by atoms with E-state index >= 15 is 0 Å². The second kappa shape index (κ2) is 5.96. The number of hydrogen-bond donors (Lipinski definition) is 1. The number of amides is 1.